The van der Waals surface area contributed by atoms with Gasteiger partial charge >= 0.3 is 0 Å². The minimum absolute atomic E-state index is 0.154. The van der Waals surface area contributed by atoms with E-state index in [1.807, 2.05) is 0 Å². The summed E-state index contributed by atoms with van der Waals surface area (Å²) in [5.41, 5.74) is 6.57. The molecule has 0 radical (unpaired) electrons. The van der Waals surface area contributed by atoms with Crippen molar-refractivity contribution >= 4 is 11.6 Å². The quantitative estimate of drug-likeness (QED) is 0.802. The summed E-state index contributed by atoms with van der Waals surface area (Å²) in [6.07, 6.45) is 4.01. The Morgan fingerprint density at radius 3 is 2.78 bits per heavy atom. The summed E-state index contributed by atoms with van der Waals surface area (Å²) in [6, 6.07) is 0.367. The Bertz CT molecular complexity index is 403. The van der Waals surface area contributed by atoms with Gasteiger partial charge in [0.2, 0.25) is 0 Å². The van der Waals surface area contributed by atoms with Gasteiger partial charge < -0.3 is 11.1 Å². The molecule has 1 aromatic heterocycles. The minimum atomic E-state index is -0.154. The van der Waals surface area contributed by atoms with Crippen molar-refractivity contribution in [2.45, 2.75) is 25.8 Å². The lowest BCUT2D eigenvalue weighted by molar-refractivity contribution is 0.0932. The van der Waals surface area contributed by atoms with Crippen LogP contribution < -0.4 is 11.1 Å². The van der Waals surface area contributed by atoms with Gasteiger partial charge in [-0.05, 0) is 32.9 Å². The van der Waals surface area contributed by atoms with E-state index in [-0.39, 0.29) is 5.91 Å². The highest BCUT2D eigenvalue weighted by atomic mass is 16.2. The predicted molar refractivity (Wildman–Crippen MR) is 70.2 cm³/mol. The summed E-state index contributed by atoms with van der Waals surface area (Å²) in [6.45, 7) is 5.04. The molecule has 0 aliphatic carbocycles. The molecule has 1 amide bonds. The van der Waals surface area contributed by atoms with Crippen LogP contribution in [0.25, 0.3) is 0 Å². The van der Waals surface area contributed by atoms with E-state index >= 15 is 0 Å². The summed E-state index contributed by atoms with van der Waals surface area (Å²) in [7, 11) is 1.72. The monoisotopic (exact) mass is 251 g/mol. The maximum absolute atomic E-state index is 12.0. The van der Waals surface area contributed by atoms with Gasteiger partial charge in [-0.15, -0.1) is 0 Å². The Kier molecular flexibility index (Phi) is 3.86. The molecule has 1 unspecified atom stereocenters. The number of aromatic nitrogens is 2. The average molecular weight is 251 g/mol. The molecule has 1 aliphatic rings. The average Bonchev–Trinajstić information content (AvgIpc) is 2.96. The van der Waals surface area contributed by atoms with Gasteiger partial charge in [0, 0.05) is 19.6 Å². The van der Waals surface area contributed by atoms with Gasteiger partial charge in [-0.3, -0.25) is 14.4 Å². The van der Waals surface area contributed by atoms with E-state index < -0.39 is 0 Å². The fourth-order valence-electron chi connectivity index (χ4n) is 2.37. The molecule has 6 nitrogen and oxygen atoms in total. The standard InChI is InChI=1S/C12H21N5O/c1-9(17-5-3-4-6-17)7-14-12(18)11-10(13)8-15-16(11)2/h8-9H,3-7,13H2,1-2H3,(H,14,18). The largest absolute Gasteiger partial charge is 0.396 e. The molecule has 2 heterocycles. The highest BCUT2D eigenvalue weighted by molar-refractivity contribution is 5.97. The van der Waals surface area contributed by atoms with Crippen molar-refractivity contribution in [3.05, 3.63) is 11.9 Å². The van der Waals surface area contributed by atoms with Crippen LogP contribution in [0, 0.1) is 0 Å². The fraction of sp³-hybridized carbons (Fsp3) is 0.667. The number of amides is 1. The molecule has 0 spiro atoms. The lowest BCUT2D eigenvalue weighted by Gasteiger charge is -2.23. The normalized spacial score (nSPS) is 17.9. The van der Waals surface area contributed by atoms with E-state index in [9.17, 15) is 4.79 Å². The molecule has 1 aliphatic heterocycles. The van der Waals surface area contributed by atoms with Crippen LogP contribution in [-0.2, 0) is 7.05 Å². The first-order valence-corrected chi connectivity index (χ1v) is 6.39. The Hall–Kier alpha value is -1.56. The van der Waals surface area contributed by atoms with E-state index in [4.69, 9.17) is 5.73 Å². The molecule has 1 aromatic rings. The number of nitrogens with one attached hydrogen (secondary N) is 1. The summed E-state index contributed by atoms with van der Waals surface area (Å²) in [4.78, 5) is 14.4. The van der Waals surface area contributed by atoms with Gasteiger partial charge in [0.25, 0.3) is 5.91 Å². The third kappa shape index (κ3) is 2.64. The maximum atomic E-state index is 12.0. The molecule has 18 heavy (non-hydrogen) atoms. The van der Waals surface area contributed by atoms with E-state index in [2.05, 4.69) is 22.2 Å². The first kappa shape index (κ1) is 12.9. The predicted octanol–water partition coefficient (Wildman–Crippen LogP) is 0.216. The number of aryl methyl sites for hydroxylation is 1. The minimum Gasteiger partial charge on any atom is -0.396 e. The topological polar surface area (TPSA) is 76.2 Å². The lowest BCUT2D eigenvalue weighted by Crippen LogP contribution is -2.41. The molecule has 0 bridgehead atoms. The molecule has 0 aromatic carbocycles. The zero-order valence-corrected chi connectivity index (χ0v) is 11.0. The number of nitrogens with two attached hydrogens (primary N) is 1. The summed E-state index contributed by atoms with van der Waals surface area (Å²) < 4.78 is 1.51. The van der Waals surface area contributed by atoms with Gasteiger partial charge in [0.1, 0.15) is 5.69 Å². The molecular weight excluding hydrogens is 230 g/mol. The zero-order valence-electron chi connectivity index (χ0n) is 11.0. The third-order valence-electron chi connectivity index (χ3n) is 3.50. The number of hydrogen-bond donors (Lipinski definition) is 2. The number of carbonyl (C=O) groups excluding carboxylic acids is 1. The fourth-order valence-corrected chi connectivity index (χ4v) is 2.37. The molecule has 1 saturated heterocycles. The summed E-state index contributed by atoms with van der Waals surface area (Å²) in [5.74, 6) is -0.154. The lowest BCUT2D eigenvalue weighted by atomic mass is 10.2. The van der Waals surface area contributed by atoms with Crippen molar-refractivity contribution in [1.82, 2.24) is 20.0 Å². The molecule has 1 fully saturated rings. The van der Waals surface area contributed by atoms with Crippen molar-refractivity contribution in [3.8, 4) is 0 Å². The molecule has 1 atom stereocenters. The second kappa shape index (κ2) is 5.39. The molecule has 3 N–H and O–H groups in total. The first-order chi connectivity index (χ1) is 8.59. The number of hydrogen-bond acceptors (Lipinski definition) is 4. The first-order valence-electron chi connectivity index (χ1n) is 6.39. The van der Waals surface area contributed by atoms with Gasteiger partial charge in [-0.1, -0.05) is 0 Å². The molecule has 100 valence electrons. The Morgan fingerprint density at radius 1 is 1.56 bits per heavy atom. The van der Waals surface area contributed by atoms with Gasteiger partial charge in [0.05, 0.1) is 11.9 Å². The van der Waals surface area contributed by atoms with Crippen LogP contribution in [0.5, 0.6) is 0 Å². The Balaban J connectivity index is 1.88. The molecule has 0 saturated carbocycles. The number of carbonyl (C=O) groups is 1. The summed E-state index contributed by atoms with van der Waals surface area (Å²) >= 11 is 0. The molecular formula is C12H21N5O. The number of nitrogens with zero attached hydrogens (tertiary/aromatic N) is 3. The van der Waals surface area contributed by atoms with Crippen LogP contribution in [-0.4, -0.2) is 46.3 Å². The Morgan fingerprint density at radius 2 is 2.22 bits per heavy atom. The van der Waals surface area contributed by atoms with E-state index in [0.29, 0.717) is 24.0 Å². The van der Waals surface area contributed by atoms with Crippen LogP contribution in [0.4, 0.5) is 5.69 Å². The van der Waals surface area contributed by atoms with E-state index in [1.54, 1.807) is 7.05 Å². The highest BCUT2D eigenvalue weighted by Gasteiger charge is 2.20. The molecule has 2 rings (SSSR count). The number of nitrogen functional groups attached to an aromatic ring is 1. The van der Waals surface area contributed by atoms with Crippen LogP contribution in [0.15, 0.2) is 6.20 Å². The van der Waals surface area contributed by atoms with Crippen LogP contribution >= 0.6 is 0 Å². The highest BCUT2D eigenvalue weighted by Crippen LogP contribution is 2.12. The van der Waals surface area contributed by atoms with Gasteiger partial charge in [0.15, 0.2) is 0 Å². The van der Waals surface area contributed by atoms with Crippen molar-refractivity contribution in [2.24, 2.45) is 7.05 Å². The summed E-state index contributed by atoms with van der Waals surface area (Å²) in [5, 5.41) is 6.88. The second-order valence-electron chi connectivity index (χ2n) is 4.87. The van der Waals surface area contributed by atoms with Crippen LogP contribution in [0.3, 0.4) is 0 Å². The second-order valence-corrected chi connectivity index (χ2v) is 4.87. The van der Waals surface area contributed by atoms with E-state index in [0.717, 1.165) is 13.1 Å². The van der Waals surface area contributed by atoms with Crippen LogP contribution in [0.2, 0.25) is 0 Å². The van der Waals surface area contributed by atoms with Crippen molar-refractivity contribution in [2.75, 3.05) is 25.4 Å². The number of likely N-dealkylation sites (tertiary alicyclic amines) is 1. The van der Waals surface area contributed by atoms with Gasteiger partial charge in [-0.25, -0.2) is 0 Å². The smallest absolute Gasteiger partial charge is 0.271 e. The number of rotatable bonds is 4. The maximum Gasteiger partial charge on any atom is 0.271 e. The molecule has 6 heteroatoms. The van der Waals surface area contributed by atoms with Crippen molar-refractivity contribution < 1.29 is 4.79 Å². The van der Waals surface area contributed by atoms with E-state index in [1.165, 1.54) is 23.7 Å². The number of anilines is 1. The SMILES string of the molecule is CC(CNC(=O)c1c(N)cnn1C)N1CCCC1. The Labute approximate surface area is 107 Å². The van der Waals surface area contributed by atoms with Crippen molar-refractivity contribution in [1.29, 1.82) is 0 Å². The van der Waals surface area contributed by atoms with Crippen LogP contribution in [0.1, 0.15) is 30.3 Å². The third-order valence-corrected chi connectivity index (χ3v) is 3.50. The van der Waals surface area contributed by atoms with Crippen molar-refractivity contribution in [3.63, 3.8) is 0 Å². The van der Waals surface area contributed by atoms with Gasteiger partial charge in [-0.2, -0.15) is 5.10 Å². The zero-order chi connectivity index (χ0) is 13.1.